The number of hydrogen-bond acceptors (Lipinski definition) is 3. The predicted molar refractivity (Wildman–Crippen MR) is 83.9 cm³/mol. The van der Waals surface area contributed by atoms with Gasteiger partial charge in [0.1, 0.15) is 0 Å². The molecule has 0 aromatic heterocycles. The van der Waals surface area contributed by atoms with Crippen LogP contribution in [0, 0.1) is 6.92 Å². The maximum atomic E-state index is 10.4. The topological polar surface area (TPSA) is 26.7 Å². The number of aliphatic hydroxyl groups is 1. The van der Waals surface area contributed by atoms with Gasteiger partial charge in [-0.2, -0.15) is 0 Å². The first-order chi connectivity index (χ1) is 9.60. The fourth-order valence-electron chi connectivity index (χ4n) is 2.99. The molecule has 3 nitrogen and oxygen atoms in total. The zero-order chi connectivity index (χ0) is 14.5. The van der Waals surface area contributed by atoms with Gasteiger partial charge in [-0.15, -0.1) is 0 Å². The summed E-state index contributed by atoms with van der Waals surface area (Å²) in [4.78, 5) is 4.83. The SMILES string of the molecule is CCN1CCC(N(C)CC(O)c2ccc(C)cc2)CC1. The van der Waals surface area contributed by atoms with Crippen LogP contribution in [0.25, 0.3) is 0 Å². The third-order valence-corrected chi connectivity index (χ3v) is 4.55. The molecule has 0 spiro atoms. The molecule has 3 heteroatoms. The lowest BCUT2D eigenvalue weighted by molar-refractivity contribution is 0.0748. The second-order valence-corrected chi connectivity index (χ2v) is 6.03. The Morgan fingerprint density at radius 2 is 1.85 bits per heavy atom. The average Bonchev–Trinajstić information content (AvgIpc) is 2.48. The van der Waals surface area contributed by atoms with Gasteiger partial charge in [-0.05, 0) is 52.0 Å². The maximum Gasteiger partial charge on any atom is 0.0916 e. The van der Waals surface area contributed by atoms with Crippen molar-refractivity contribution in [2.75, 3.05) is 33.2 Å². The molecule has 0 bridgehead atoms. The minimum atomic E-state index is -0.384. The monoisotopic (exact) mass is 276 g/mol. The fourth-order valence-corrected chi connectivity index (χ4v) is 2.99. The third-order valence-electron chi connectivity index (χ3n) is 4.55. The number of piperidine rings is 1. The highest BCUT2D eigenvalue weighted by Gasteiger charge is 2.23. The van der Waals surface area contributed by atoms with E-state index < -0.39 is 0 Å². The van der Waals surface area contributed by atoms with Crippen LogP contribution in [0.5, 0.6) is 0 Å². The Morgan fingerprint density at radius 3 is 2.40 bits per heavy atom. The summed E-state index contributed by atoms with van der Waals surface area (Å²) < 4.78 is 0. The summed E-state index contributed by atoms with van der Waals surface area (Å²) in [7, 11) is 2.14. The van der Waals surface area contributed by atoms with E-state index in [0.29, 0.717) is 6.04 Å². The second kappa shape index (κ2) is 7.21. The Labute approximate surface area is 123 Å². The van der Waals surface area contributed by atoms with Crippen LogP contribution in [0.4, 0.5) is 0 Å². The molecule has 1 fully saturated rings. The van der Waals surface area contributed by atoms with Crippen LogP contribution in [0.3, 0.4) is 0 Å². The van der Waals surface area contributed by atoms with Gasteiger partial charge in [0.25, 0.3) is 0 Å². The molecule has 1 aliphatic rings. The van der Waals surface area contributed by atoms with E-state index in [0.717, 1.165) is 18.7 Å². The zero-order valence-electron chi connectivity index (χ0n) is 13.0. The molecular weight excluding hydrogens is 248 g/mol. The molecule has 1 saturated heterocycles. The van der Waals surface area contributed by atoms with Crippen LogP contribution >= 0.6 is 0 Å². The van der Waals surface area contributed by atoms with Crippen molar-refractivity contribution in [3.05, 3.63) is 35.4 Å². The predicted octanol–water partition coefficient (Wildman–Crippen LogP) is 2.44. The van der Waals surface area contributed by atoms with Crippen molar-refractivity contribution in [3.8, 4) is 0 Å². The van der Waals surface area contributed by atoms with Crippen LogP contribution in [-0.4, -0.2) is 54.2 Å². The lowest BCUT2D eigenvalue weighted by Gasteiger charge is -2.37. The maximum absolute atomic E-state index is 10.4. The number of rotatable bonds is 5. The first-order valence-electron chi connectivity index (χ1n) is 7.77. The van der Waals surface area contributed by atoms with Crippen LogP contribution in [-0.2, 0) is 0 Å². The number of nitrogens with zero attached hydrogens (tertiary/aromatic N) is 2. The Bertz CT molecular complexity index is 396. The highest BCUT2D eigenvalue weighted by molar-refractivity contribution is 5.23. The quantitative estimate of drug-likeness (QED) is 0.895. The largest absolute Gasteiger partial charge is 0.387 e. The molecule has 1 aliphatic heterocycles. The van der Waals surface area contributed by atoms with E-state index in [9.17, 15) is 5.11 Å². The highest BCUT2D eigenvalue weighted by atomic mass is 16.3. The molecule has 1 atom stereocenters. The third kappa shape index (κ3) is 4.05. The van der Waals surface area contributed by atoms with Gasteiger partial charge in [0, 0.05) is 12.6 Å². The summed E-state index contributed by atoms with van der Waals surface area (Å²) in [6, 6.07) is 8.82. The van der Waals surface area contributed by atoms with Crippen LogP contribution < -0.4 is 0 Å². The molecule has 0 aliphatic carbocycles. The van der Waals surface area contributed by atoms with Crippen molar-refractivity contribution in [2.24, 2.45) is 0 Å². The molecule has 1 unspecified atom stereocenters. The first kappa shape index (κ1) is 15.5. The summed E-state index contributed by atoms with van der Waals surface area (Å²) in [5.41, 5.74) is 2.26. The van der Waals surface area contributed by atoms with Crippen molar-refractivity contribution in [2.45, 2.75) is 38.8 Å². The van der Waals surface area contributed by atoms with Gasteiger partial charge in [0.15, 0.2) is 0 Å². The van der Waals surface area contributed by atoms with Crippen molar-refractivity contribution in [1.82, 2.24) is 9.80 Å². The Morgan fingerprint density at radius 1 is 1.25 bits per heavy atom. The Kier molecular flexibility index (Phi) is 5.58. The minimum absolute atomic E-state index is 0.384. The number of aliphatic hydroxyl groups excluding tert-OH is 1. The average molecular weight is 276 g/mol. The molecule has 112 valence electrons. The first-order valence-corrected chi connectivity index (χ1v) is 7.77. The molecule has 1 aromatic carbocycles. The van der Waals surface area contributed by atoms with Gasteiger partial charge in [-0.3, -0.25) is 0 Å². The summed E-state index contributed by atoms with van der Waals surface area (Å²) in [6.45, 7) is 8.55. The molecule has 1 N–H and O–H groups in total. The van der Waals surface area contributed by atoms with E-state index in [-0.39, 0.29) is 6.10 Å². The van der Waals surface area contributed by atoms with E-state index in [1.807, 2.05) is 12.1 Å². The standard InChI is InChI=1S/C17H28N2O/c1-4-19-11-9-16(10-12-19)18(3)13-17(20)15-7-5-14(2)6-8-15/h5-8,16-17,20H,4,9-13H2,1-3H3. The number of likely N-dealkylation sites (N-methyl/N-ethyl adjacent to an activating group) is 1. The van der Waals surface area contributed by atoms with Gasteiger partial charge in [0.2, 0.25) is 0 Å². The van der Waals surface area contributed by atoms with Gasteiger partial charge >= 0.3 is 0 Å². The molecule has 0 radical (unpaired) electrons. The molecule has 20 heavy (non-hydrogen) atoms. The smallest absolute Gasteiger partial charge is 0.0916 e. The number of aryl methyl sites for hydroxylation is 1. The summed E-state index contributed by atoms with van der Waals surface area (Å²) in [5, 5.41) is 10.4. The van der Waals surface area contributed by atoms with Crippen molar-refractivity contribution in [3.63, 3.8) is 0 Å². The second-order valence-electron chi connectivity index (χ2n) is 6.03. The van der Waals surface area contributed by atoms with Crippen molar-refractivity contribution in [1.29, 1.82) is 0 Å². The molecule has 1 aromatic rings. The van der Waals surface area contributed by atoms with Gasteiger partial charge in [-0.25, -0.2) is 0 Å². The molecule has 0 saturated carbocycles. The van der Waals surface area contributed by atoms with Gasteiger partial charge in [0.05, 0.1) is 6.10 Å². The van der Waals surface area contributed by atoms with Gasteiger partial charge in [-0.1, -0.05) is 36.8 Å². The van der Waals surface area contributed by atoms with E-state index in [4.69, 9.17) is 0 Å². The van der Waals surface area contributed by atoms with Crippen molar-refractivity contribution < 1.29 is 5.11 Å². The molecule has 2 rings (SSSR count). The van der Waals surface area contributed by atoms with Gasteiger partial charge < -0.3 is 14.9 Å². The lowest BCUT2D eigenvalue weighted by atomic mass is 10.0. The number of hydrogen-bond donors (Lipinski definition) is 1. The normalized spacial score (nSPS) is 19.4. The van der Waals surface area contributed by atoms with E-state index in [1.54, 1.807) is 0 Å². The van der Waals surface area contributed by atoms with Crippen LogP contribution in [0.2, 0.25) is 0 Å². The molecule has 0 amide bonds. The Balaban J connectivity index is 1.84. The molecule has 1 heterocycles. The highest BCUT2D eigenvalue weighted by Crippen LogP contribution is 2.20. The van der Waals surface area contributed by atoms with E-state index in [1.165, 1.54) is 31.5 Å². The van der Waals surface area contributed by atoms with Crippen molar-refractivity contribution >= 4 is 0 Å². The lowest BCUT2D eigenvalue weighted by Crippen LogP contribution is -2.44. The zero-order valence-corrected chi connectivity index (χ0v) is 13.0. The van der Waals surface area contributed by atoms with Crippen LogP contribution in [0.1, 0.15) is 37.0 Å². The fraction of sp³-hybridized carbons (Fsp3) is 0.647. The summed E-state index contributed by atoms with van der Waals surface area (Å²) in [6.07, 6.45) is 2.04. The number of benzene rings is 1. The summed E-state index contributed by atoms with van der Waals surface area (Å²) >= 11 is 0. The molecular formula is C17H28N2O. The van der Waals surface area contributed by atoms with E-state index >= 15 is 0 Å². The minimum Gasteiger partial charge on any atom is -0.387 e. The number of likely N-dealkylation sites (tertiary alicyclic amines) is 1. The van der Waals surface area contributed by atoms with E-state index in [2.05, 4.69) is 42.8 Å². The Hall–Kier alpha value is -0.900. The summed E-state index contributed by atoms with van der Waals surface area (Å²) in [5.74, 6) is 0. The van der Waals surface area contributed by atoms with Crippen LogP contribution in [0.15, 0.2) is 24.3 Å².